The number of fused-ring (bicyclic) bond motifs is 1. The maximum absolute atomic E-state index is 13.0. The first-order valence-corrected chi connectivity index (χ1v) is 9.09. The molecule has 0 bridgehead atoms. The van der Waals surface area contributed by atoms with Crippen molar-refractivity contribution in [1.29, 1.82) is 5.26 Å². The first-order chi connectivity index (χ1) is 14.5. The molecule has 0 saturated heterocycles. The van der Waals surface area contributed by atoms with Crippen LogP contribution in [0.2, 0.25) is 0 Å². The largest absolute Gasteiger partial charge is 0.347 e. The van der Waals surface area contributed by atoms with Crippen LogP contribution in [0.1, 0.15) is 16.1 Å². The van der Waals surface area contributed by atoms with E-state index in [4.69, 9.17) is 5.26 Å². The third-order valence-electron chi connectivity index (χ3n) is 4.64. The van der Waals surface area contributed by atoms with Crippen LogP contribution in [0.25, 0.3) is 16.9 Å². The minimum atomic E-state index is -0.277. The minimum absolute atomic E-state index is 0.263. The highest BCUT2D eigenvalue weighted by Gasteiger charge is 2.17. The number of aromatic nitrogens is 5. The van der Waals surface area contributed by atoms with Gasteiger partial charge < -0.3 is 9.80 Å². The normalized spacial score (nSPS) is 10.6. The number of imidazole rings is 1. The number of carbonyl (C=O) groups is 1. The zero-order valence-corrected chi connectivity index (χ0v) is 16.7. The van der Waals surface area contributed by atoms with E-state index in [0.717, 1.165) is 11.3 Å². The molecule has 1 amide bonds. The van der Waals surface area contributed by atoms with Gasteiger partial charge in [-0.05, 0) is 24.3 Å². The number of nitrogens with zero attached hydrogens (tertiary/aromatic N) is 8. The molecule has 4 rings (SSSR count). The van der Waals surface area contributed by atoms with Crippen LogP contribution in [0.3, 0.4) is 0 Å². The highest BCUT2D eigenvalue weighted by molar-refractivity contribution is 6.04. The van der Waals surface area contributed by atoms with Crippen LogP contribution in [0, 0.1) is 11.3 Å². The molecule has 0 aliphatic carbocycles. The number of amides is 1. The summed E-state index contributed by atoms with van der Waals surface area (Å²) in [4.78, 5) is 33.6. The number of anilines is 2. The summed E-state index contributed by atoms with van der Waals surface area (Å²) in [6.45, 7) is 0. The predicted octanol–water partition coefficient (Wildman–Crippen LogP) is 2.40. The Labute approximate surface area is 172 Å². The van der Waals surface area contributed by atoms with Crippen LogP contribution in [0.15, 0.2) is 55.2 Å². The van der Waals surface area contributed by atoms with E-state index in [1.54, 1.807) is 66.7 Å². The molecule has 0 unspecified atom stereocenters. The summed E-state index contributed by atoms with van der Waals surface area (Å²) in [5.41, 5.74) is 3.61. The topological polar surface area (TPSA) is 103 Å². The second kappa shape index (κ2) is 7.60. The number of carbonyl (C=O) groups excluding carboxylic acids is 1. The van der Waals surface area contributed by atoms with E-state index >= 15 is 0 Å². The average Bonchev–Trinajstić information content (AvgIpc) is 3.21. The second-order valence-electron chi connectivity index (χ2n) is 6.83. The van der Waals surface area contributed by atoms with Gasteiger partial charge >= 0.3 is 0 Å². The number of hydrogen-bond acceptors (Lipinski definition) is 7. The molecule has 9 nitrogen and oxygen atoms in total. The van der Waals surface area contributed by atoms with E-state index in [1.807, 2.05) is 19.0 Å². The van der Waals surface area contributed by atoms with E-state index < -0.39 is 0 Å². The van der Waals surface area contributed by atoms with Crippen LogP contribution < -0.4 is 9.80 Å². The smallest absolute Gasteiger partial charge is 0.278 e. The highest BCUT2D eigenvalue weighted by atomic mass is 16.2. The molecule has 0 aliphatic heterocycles. The lowest BCUT2D eigenvalue weighted by Gasteiger charge is -2.17. The van der Waals surface area contributed by atoms with Crippen molar-refractivity contribution in [3.05, 3.63) is 66.5 Å². The van der Waals surface area contributed by atoms with Crippen molar-refractivity contribution in [3.8, 4) is 17.3 Å². The van der Waals surface area contributed by atoms with Crippen molar-refractivity contribution in [3.63, 3.8) is 0 Å². The molecule has 4 aromatic rings. The van der Waals surface area contributed by atoms with Gasteiger partial charge in [-0.25, -0.2) is 19.9 Å². The van der Waals surface area contributed by atoms with Gasteiger partial charge in [0.05, 0.1) is 29.7 Å². The molecule has 3 aromatic heterocycles. The molecule has 9 heteroatoms. The fourth-order valence-corrected chi connectivity index (χ4v) is 2.95. The molecule has 3 heterocycles. The number of nitriles is 1. The van der Waals surface area contributed by atoms with Gasteiger partial charge in [0.25, 0.3) is 5.91 Å². The quantitative estimate of drug-likeness (QED) is 0.520. The van der Waals surface area contributed by atoms with E-state index in [0.29, 0.717) is 22.8 Å². The van der Waals surface area contributed by atoms with Crippen LogP contribution in [-0.2, 0) is 0 Å². The van der Waals surface area contributed by atoms with Gasteiger partial charge in [-0.2, -0.15) is 5.26 Å². The van der Waals surface area contributed by atoms with Crippen molar-refractivity contribution in [2.24, 2.45) is 0 Å². The number of benzene rings is 1. The van der Waals surface area contributed by atoms with Gasteiger partial charge in [0.2, 0.25) is 5.95 Å². The van der Waals surface area contributed by atoms with Crippen LogP contribution in [-0.4, -0.2) is 51.4 Å². The number of rotatable bonds is 4. The molecule has 0 radical (unpaired) electrons. The average molecular weight is 398 g/mol. The molecule has 1 aromatic carbocycles. The van der Waals surface area contributed by atoms with Gasteiger partial charge in [-0.3, -0.25) is 9.20 Å². The molecular formula is C21H18N8O. The molecule has 148 valence electrons. The molecule has 0 N–H and O–H groups in total. The monoisotopic (exact) mass is 398 g/mol. The fraction of sp³-hybridized carbons (Fsp3) is 0.143. The van der Waals surface area contributed by atoms with Gasteiger partial charge in [0.1, 0.15) is 5.69 Å². The molecule has 0 atom stereocenters. The summed E-state index contributed by atoms with van der Waals surface area (Å²) < 4.78 is 1.79. The standard InChI is InChI=1S/C21H18N8O/c1-27(2)21-25-9-15(10-26-21)18-11-24-19-12-23-17(13-29(18)19)20(30)28(3)16-6-4-14(8-22)5-7-16/h4-7,9-13H,1-3H3. The SMILES string of the molecule is CN(C)c1ncc(-c2cnc3cnc(C(=O)N(C)c4ccc(C#N)cc4)cn23)cn1. The van der Waals surface area contributed by atoms with E-state index in [9.17, 15) is 4.79 Å². The maximum atomic E-state index is 13.0. The van der Waals surface area contributed by atoms with Crippen LogP contribution >= 0.6 is 0 Å². The van der Waals surface area contributed by atoms with Crippen molar-refractivity contribution >= 4 is 23.2 Å². The van der Waals surface area contributed by atoms with Gasteiger partial charge in [0, 0.05) is 51.0 Å². The summed E-state index contributed by atoms with van der Waals surface area (Å²) in [5.74, 6) is 0.328. The van der Waals surface area contributed by atoms with Crippen LogP contribution in [0.4, 0.5) is 11.6 Å². The Balaban J connectivity index is 1.68. The second-order valence-corrected chi connectivity index (χ2v) is 6.83. The Morgan fingerprint density at radius 1 is 0.967 bits per heavy atom. The molecular weight excluding hydrogens is 380 g/mol. The Morgan fingerprint density at radius 3 is 2.30 bits per heavy atom. The first kappa shape index (κ1) is 19.0. The summed E-state index contributed by atoms with van der Waals surface area (Å²) in [7, 11) is 5.41. The van der Waals surface area contributed by atoms with E-state index in [1.165, 1.54) is 4.90 Å². The van der Waals surface area contributed by atoms with Crippen molar-refractivity contribution in [2.45, 2.75) is 0 Å². The van der Waals surface area contributed by atoms with E-state index in [-0.39, 0.29) is 11.6 Å². The van der Waals surface area contributed by atoms with Gasteiger partial charge in [-0.1, -0.05) is 0 Å². The lowest BCUT2D eigenvalue weighted by Crippen LogP contribution is -2.27. The molecule has 0 saturated carbocycles. The summed E-state index contributed by atoms with van der Waals surface area (Å²) >= 11 is 0. The van der Waals surface area contributed by atoms with E-state index in [2.05, 4.69) is 26.0 Å². The highest BCUT2D eigenvalue weighted by Crippen LogP contribution is 2.21. The maximum Gasteiger partial charge on any atom is 0.278 e. The lowest BCUT2D eigenvalue weighted by atomic mass is 10.2. The van der Waals surface area contributed by atoms with Crippen molar-refractivity contribution < 1.29 is 4.79 Å². The molecule has 0 fully saturated rings. The summed E-state index contributed by atoms with van der Waals surface area (Å²) in [6, 6.07) is 8.85. The Kier molecular flexibility index (Phi) is 4.82. The fourth-order valence-electron chi connectivity index (χ4n) is 2.95. The molecule has 0 spiro atoms. The van der Waals surface area contributed by atoms with Gasteiger partial charge in [-0.15, -0.1) is 0 Å². The zero-order chi connectivity index (χ0) is 21.3. The van der Waals surface area contributed by atoms with Crippen molar-refractivity contribution in [1.82, 2.24) is 24.3 Å². The molecule has 0 aliphatic rings. The minimum Gasteiger partial charge on any atom is -0.347 e. The van der Waals surface area contributed by atoms with Gasteiger partial charge in [0.15, 0.2) is 5.65 Å². The Bertz CT molecular complexity index is 1250. The predicted molar refractivity (Wildman–Crippen MR) is 112 cm³/mol. The first-order valence-electron chi connectivity index (χ1n) is 9.09. The molecule has 30 heavy (non-hydrogen) atoms. The summed E-state index contributed by atoms with van der Waals surface area (Å²) in [6.07, 6.45) is 8.34. The zero-order valence-electron chi connectivity index (χ0n) is 16.7. The number of hydrogen-bond donors (Lipinski definition) is 0. The Hall–Kier alpha value is -4.32. The third kappa shape index (κ3) is 3.42. The third-order valence-corrected chi connectivity index (χ3v) is 4.64. The van der Waals surface area contributed by atoms with Crippen LogP contribution in [0.5, 0.6) is 0 Å². The Morgan fingerprint density at radius 2 is 1.67 bits per heavy atom. The van der Waals surface area contributed by atoms with Crippen molar-refractivity contribution in [2.75, 3.05) is 30.9 Å². The summed E-state index contributed by atoms with van der Waals surface area (Å²) in [5, 5.41) is 8.94. The lowest BCUT2D eigenvalue weighted by molar-refractivity contribution is 0.0988.